The molecule has 1 aliphatic heterocycles. The summed E-state index contributed by atoms with van der Waals surface area (Å²) >= 11 is 1.46. The van der Waals surface area contributed by atoms with Gasteiger partial charge in [0.15, 0.2) is 0 Å². The molecule has 1 heterocycles. The summed E-state index contributed by atoms with van der Waals surface area (Å²) in [6.45, 7) is 0. The molecule has 1 aliphatic rings. The van der Waals surface area contributed by atoms with Crippen molar-refractivity contribution in [3.05, 3.63) is 23.8 Å². The lowest BCUT2D eigenvalue weighted by atomic mass is 10.1. The molecule has 0 saturated carbocycles. The summed E-state index contributed by atoms with van der Waals surface area (Å²) in [6, 6.07) is 4.43. The monoisotopic (exact) mass is 237 g/mol. The Bertz CT molecular complexity index is 461. The number of fused-ring (bicyclic) bond motifs is 1. The Kier molecular flexibility index (Phi) is 2.84. The Labute approximate surface area is 96.6 Å². The van der Waals surface area contributed by atoms with E-state index in [2.05, 4.69) is 5.32 Å². The lowest BCUT2D eigenvalue weighted by Crippen LogP contribution is -2.28. The van der Waals surface area contributed by atoms with Crippen LogP contribution in [0, 0.1) is 0 Å². The number of carbonyl (C=O) groups excluding carboxylic acids is 2. The van der Waals surface area contributed by atoms with Gasteiger partial charge >= 0.3 is 0 Å². The molecule has 0 aliphatic carbocycles. The number of amides is 2. The minimum absolute atomic E-state index is 0.0534. The molecular weight excluding hydrogens is 226 g/mol. The summed E-state index contributed by atoms with van der Waals surface area (Å²) < 4.78 is 0. The van der Waals surface area contributed by atoms with Gasteiger partial charge in [0.1, 0.15) is 6.04 Å². The number of nitrogens with two attached hydrogens (primary N) is 2. The largest absolute Gasteiger partial charge is 0.368 e. The number of hydrogen-bond acceptors (Lipinski definition) is 4. The van der Waals surface area contributed by atoms with Crippen LogP contribution in [-0.4, -0.2) is 17.6 Å². The number of benzene rings is 1. The van der Waals surface area contributed by atoms with E-state index in [1.54, 1.807) is 12.1 Å². The zero-order valence-corrected chi connectivity index (χ0v) is 9.21. The van der Waals surface area contributed by atoms with Crippen molar-refractivity contribution in [3.63, 3.8) is 0 Å². The van der Waals surface area contributed by atoms with Crippen molar-refractivity contribution in [1.29, 1.82) is 0 Å². The van der Waals surface area contributed by atoms with Gasteiger partial charge in [-0.25, -0.2) is 0 Å². The summed E-state index contributed by atoms with van der Waals surface area (Å²) in [4.78, 5) is 23.1. The standard InChI is InChI=1S/C10H11N3O2S/c11-9(10(12)15)5-1-2-7-6(3-5)13-8(14)4-16-7/h1-3,9H,4,11H2,(H2,12,15)(H,13,14). The van der Waals surface area contributed by atoms with Gasteiger partial charge in [0.05, 0.1) is 11.4 Å². The van der Waals surface area contributed by atoms with E-state index in [1.807, 2.05) is 6.07 Å². The van der Waals surface area contributed by atoms with Crippen molar-refractivity contribution in [2.75, 3.05) is 11.1 Å². The highest BCUT2D eigenvalue weighted by Gasteiger charge is 2.18. The molecule has 0 saturated heterocycles. The fourth-order valence-corrected chi connectivity index (χ4v) is 2.25. The Morgan fingerprint density at radius 3 is 2.94 bits per heavy atom. The van der Waals surface area contributed by atoms with Crippen LogP contribution in [0.15, 0.2) is 23.1 Å². The lowest BCUT2D eigenvalue weighted by Gasteiger charge is -2.18. The van der Waals surface area contributed by atoms with Gasteiger partial charge in [-0.2, -0.15) is 0 Å². The van der Waals surface area contributed by atoms with Crippen molar-refractivity contribution < 1.29 is 9.59 Å². The zero-order valence-electron chi connectivity index (χ0n) is 8.40. The maximum Gasteiger partial charge on any atom is 0.238 e. The molecule has 2 rings (SSSR count). The number of carbonyl (C=O) groups is 2. The summed E-state index contributed by atoms with van der Waals surface area (Å²) in [5, 5.41) is 2.73. The zero-order chi connectivity index (χ0) is 11.7. The molecule has 5 N–H and O–H groups in total. The van der Waals surface area contributed by atoms with Gasteiger partial charge in [-0.15, -0.1) is 11.8 Å². The normalized spacial score (nSPS) is 16.2. The van der Waals surface area contributed by atoms with Crippen LogP contribution in [0.2, 0.25) is 0 Å². The van der Waals surface area contributed by atoms with E-state index in [9.17, 15) is 9.59 Å². The van der Waals surface area contributed by atoms with Crippen molar-refractivity contribution in [2.24, 2.45) is 11.5 Å². The summed E-state index contributed by atoms with van der Waals surface area (Å²) in [5.74, 6) is -0.231. The molecule has 6 heteroatoms. The molecule has 84 valence electrons. The van der Waals surface area contributed by atoms with Crippen LogP contribution >= 0.6 is 11.8 Å². The molecule has 0 radical (unpaired) electrons. The fraction of sp³-hybridized carbons (Fsp3) is 0.200. The van der Waals surface area contributed by atoms with E-state index in [0.29, 0.717) is 17.0 Å². The molecule has 1 unspecified atom stereocenters. The summed E-state index contributed by atoms with van der Waals surface area (Å²) in [7, 11) is 0. The number of anilines is 1. The minimum atomic E-state index is -0.839. The first-order valence-corrected chi connectivity index (χ1v) is 5.68. The summed E-state index contributed by atoms with van der Waals surface area (Å²) in [5.41, 5.74) is 12.0. The van der Waals surface area contributed by atoms with Crippen LogP contribution in [0.5, 0.6) is 0 Å². The third-order valence-corrected chi connectivity index (χ3v) is 3.38. The average Bonchev–Trinajstić information content (AvgIpc) is 2.26. The van der Waals surface area contributed by atoms with E-state index in [1.165, 1.54) is 11.8 Å². The van der Waals surface area contributed by atoms with E-state index >= 15 is 0 Å². The molecular formula is C10H11N3O2S. The highest BCUT2D eigenvalue weighted by Crippen LogP contribution is 2.32. The number of hydrogen-bond donors (Lipinski definition) is 3. The first kappa shape index (κ1) is 11.0. The third kappa shape index (κ3) is 2.02. The quantitative estimate of drug-likeness (QED) is 0.685. The van der Waals surface area contributed by atoms with Crippen LogP contribution in [-0.2, 0) is 9.59 Å². The molecule has 16 heavy (non-hydrogen) atoms. The maximum atomic E-state index is 11.2. The molecule has 0 aromatic heterocycles. The number of nitrogens with one attached hydrogen (secondary N) is 1. The highest BCUT2D eigenvalue weighted by atomic mass is 32.2. The maximum absolute atomic E-state index is 11.2. The summed E-state index contributed by atoms with van der Waals surface area (Å²) in [6.07, 6.45) is 0. The van der Waals surface area contributed by atoms with Crippen LogP contribution < -0.4 is 16.8 Å². The van der Waals surface area contributed by atoms with Gasteiger partial charge in [0, 0.05) is 4.90 Å². The van der Waals surface area contributed by atoms with Gasteiger partial charge in [-0.1, -0.05) is 6.07 Å². The SMILES string of the molecule is NC(=O)C(N)c1ccc2c(c1)NC(=O)CS2. The molecule has 1 atom stereocenters. The van der Waals surface area contributed by atoms with E-state index in [4.69, 9.17) is 11.5 Å². The molecule has 1 aromatic carbocycles. The lowest BCUT2D eigenvalue weighted by molar-refractivity contribution is -0.119. The number of thioether (sulfide) groups is 1. The predicted molar refractivity (Wildman–Crippen MR) is 61.9 cm³/mol. The Morgan fingerprint density at radius 2 is 2.25 bits per heavy atom. The number of primary amides is 1. The topological polar surface area (TPSA) is 98.2 Å². The van der Waals surface area contributed by atoms with Crippen molar-refractivity contribution in [1.82, 2.24) is 0 Å². The number of rotatable bonds is 2. The first-order valence-electron chi connectivity index (χ1n) is 4.69. The van der Waals surface area contributed by atoms with Gasteiger partial charge < -0.3 is 16.8 Å². The van der Waals surface area contributed by atoms with Gasteiger partial charge in [0.2, 0.25) is 11.8 Å². The smallest absolute Gasteiger partial charge is 0.238 e. The molecule has 0 bridgehead atoms. The minimum Gasteiger partial charge on any atom is -0.368 e. The van der Waals surface area contributed by atoms with Crippen molar-refractivity contribution in [2.45, 2.75) is 10.9 Å². The Morgan fingerprint density at radius 1 is 1.50 bits per heavy atom. The van der Waals surface area contributed by atoms with Gasteiger partial charge in [-0.05, 0) is 17.7 Å². The van der Waals surface area contributed by atoms with Crippen LogP contribution in [0.1, 0.15) is 11.6 Å². The van der Waals surface area contributed by atoms with Crippen molar-refractivity contribution in [3.8, 4) is 0 Å². The second-order valence-corrected chi connectivity index (χ2v) is 4.49. The molecule has 0 fully saturated rings. The van der Waals surface area contributed by atoms with Crippen LogP contribution in [0.25, 0.3) is 0 Å². The average molecular weight is 237 g/mol. The first-order chi connectivity index (χ1) is 7.58. The fourth-order valence-electron chi connectivity index (χ4n) is 1.46. The Balaban J connectivity index is 2.34. The molecule has 2 amide bonds. The third-order valence-electron chi connectivity index (χ3n) is 2.30. The molecule has 5 nitrogen and oxygen atoms in total. The molecule has 0 spiro atoms. The highest BCUT2D eigenvalue weighted by molar-refractivity contribution is 8.00. The van der Waals surface area contributed by atoms with Gasteiger partial charge in [-0.3, -0.25) is 9.59 Å². The van der Waals surface area contributed by atoms with E-state index in [0.717, 1.165) is 4.90 Å². The van der Waals surface area contributed by atoms with Crippen LogP contribution in [0.3, 0.4) is 0 Å². The van der Waals surface area contributed by atoms with Crippen molar-refractivity contribution >= 4 is 29.3 Å². The van der Waals surface area contributed by atoms with E-state index in [-0.39, 0.29) is 5.91 Å². The molecule has 1 aromatic rings. The second-order valence-electron chi connectivity index (χ2n) is 3.47. The van der Waals surface area contributed by atoms with Gasteiger partial charge in [0.25, 0.3) is 0 Å². The van der Waals surface area contributed by atoms with E-state index < -0.39 is 11.9 Å². The second kappa shape index (κ2) is 4.15. The Hall–Kier alpha value is -1.53. The van der Waals surface area contributed by atoms with Crippen LogP contribution in [0.4, 0.5) is 5.69 Å². The predicted octanol–water partition coefficient (Wildman–Crippen LogP) is 0.216.